The van der Waals surface area contributed by atoms with E-state index in [1.807, 2.05) is 69.3 Å². The van der Waals surface area contributed by atoms with E-state index in [4.69, 9.17) is 0 Å². The predicted octanol–water partition coefficient (Wildman–Crippen LogP) is 3.26. The average molecular weight is 613 g/mol. The van der Waals surface area contributed by atoms with E-state index in [1.165, 1.54) is 0 Å². The van der Waals surface area contributed by atoms with Gasteiger partial charge in [-0.2, -0.15) is 0 Å². The van der Waals surface area contributed by atoms with Crippen LogP contribution >= 0.6 is 0 Å². The fraction of sp³-hybridized carbons (Fsp3) is 0.333. The number of anilines is 1. The van der Waals surface area contributed by atoms with Gasteiger partial charge in [-0.3, -0.25) is 54.8 Å². The second kappa shape index (κ2) is 15.0. The summed E-state index contributed by atoms with van der Waals surface area (Å²) >= 11 is 0. The number of nitrogens with one attached hydrogen (secondary N) is 3. The molecule has 2 aromatic heterocycles. The molecule has 0 radical (unpaired) electrons. The second-order valence-corrected chi connectivity index (χ2v) is 11.1. The van der Waals surface area contributed by atoms with Crippen LogP contribution in [0.25, 0.3) is 0 Å². The van der Waals surface area contributed by atoms with E-state index in [0.29, 0.717) is 38.6 Å². The highest BCUT2D eigenvalue weighted by Crippen LogP contribution is 2.24. The molecule has 3 aliphatic rings. The van der Waals surface area contributed by atoms with Crippen molar-refractivity contribution in [3.05, 3.63) is 89.0 Å². The lowest BCUT2D eigenvalue weighted by Crippen LogP contribution is -2.49. The van der Waals surface area contributed by atoms with E-state index in [2.05, 4.69) is 25.9 Å². The summed E-state index contributed by atoms with van der Waals surface area (Å²) in [6.45, 7) is 6.28. The molecule has 3 aromatic rings. The topological polar surface area (TPSA) is 168 Å². The molecule has 12 heteroatoms. The zero-order valence-electron chi connectivity index (χ0n) is 25.5. The van der Waals surface area contributed by atoms with Gasteiger partial charge in [0, 0.05) is 49.6 Å². The van der Waals surface area contributed by atoms with Crippen molar-refractivity contribution in [3.8, 4) is 0 Å². The molecule has 7 amide bonds. The van der Waals surface area contributed by atoms with Gasteiger partial charge in [0.05, 0.1) is 17.5 Å². The van der Waals surface area contributed by atoms with E-state index >= 15 is 0 Å². The van der Waals surface area contributed by atoms with Crippen LogP contribution in [0, 0.1) is 20.8 Å². The molecule has 1 aromatic carbocycles. The molecule has 6 rings (SSSR count). The SMILES string of the molecule is Cc1ccc(C2CCC(=O)NC2=O)cn1.Cc1ccc(C2CCC(=O)NC2=O)nc1.Cc1ccc(N2CCC(=O)NC2=O)cc1. The molecule has 0 aliphatic carbocycles. The number of piperidine rings is 2. The lowest BCUT2D eigenvalue weighted by atomic mass is 9.91. The van der Waals surface area contributed by atoms with Crippen molar-refractivity contribution in [2.24, 2.45) is 0 Å². The molecule has 5 heterocycles. The number of hydrogen-bond donors (Lipinski definition) is 3. The van der Waals surface area contributed by atoms with Gasteiger partial charge in [0.15, 0.2) is 0 Å². The van der Waals surface area contributed by atoms with E-state index in [9.17, 15) is 28.8 Å². The van der Waals surface area contributed by atoms with Gasteiger partial charge in [-0.25, -0.2) is 4.79 Å². The number of urea groups is 1. The fourth-order valence-corrected chi connectivity index (χ4v) is 4.89. The summed E-state index contributed by atoms with van der Waals surface area (Å²) in [6, 6.07) is 14.8. The van der Waals surface area contributed by atoms with Crippen molar-refractivity contribution in [1.29, 1.82) is 0 Å². The molecule has 12 nitrogen and oxygen atoms in total. The summed E-state index contributed by atoms with van der Waals surface area (Å²) in [5, 5.41) is 6.95. The largest absolute Gasteiger partial charge is 0.328 e. The van der Waals surface area contributed by atoms with Crippen molar-refractivity contribution < 1.29 is 28.8 Å². The number of aryl methyl sites for hydroxylation is 3. The van der Waals surface area contributed by atoms with Crippen LogP contribution in [0.4, 0.5) is 10.5 Å². The molecule has 0 saturated carbocycles. The van der Waals surface area contributed by atoms with Crippen LogP contribution < -0.4 is 20.9 Å². The first-order valence-electron chi connectivity index (χ1n) is 14.7. The molecule has 0 bridgehead atoms. The monoisotopic (exact) mass is 612 g/mol. The standard InChI is InChI=1S/3C11H12N2O2/c1-8-2-4-9(5-3-8)13-7-6-10(14)12-11(13)15;1-7-2-4-9(12-6-7)8-3-5-10(14)13-11(8)15;1-7-2-3-8(6-12-7)9-4-5-10(14)13-11(9)15/h2-5H,6-7H2,1H3,(H,12,14,15);2,4,6,8H,3,5H2,1H3,(H,13,14,15);2-3,6,9H,4-5H2,1H3,(H,13,14,15). The number of benzene rings is 1. The van der Waals surface area contributed by atoms with E-state index in [1.54, 1.807) is 17.3 Å². The quantitative estimate of drug-likeness (QED) is 0.379. The maximum Gasteiger partial charge on any atom is 0.328 e. The minimum atomic E-state index is -0.338. The summed E-state index contributed by atoms with van der Waals surface area (Å²) in [5.74, 6) is -1.53. The predicted molar refractivity (Wildman–Crippen MR) is 165 cm³/mol. The van der Waals surface area contributed by atoms with Gasteiger partial charge in [-0.05, 0) is 69.0 Å². The van der Waals surface area contributed by atoms with Gasteiger partial charge < -0.3 is 0 Å². The van der Waals surface area contributed by atoms with Crippen molar-refractivity contribution in [2.75, 3.05) is 11.4 Å². The van der Waals surface area contributed by atoms with Gasteiger partial charge >= 0.3 is 6.03 Å². The Hall–Kier alpha value is -5.26. The molecular weight excluding hydrogens is 576 g/mol. The highest BCUT2D eigenvalue weighted by atomic mass is 16.2. The van der Waals surface area contributed by atoms with Gasteiger partial charge in [0.25, 0.3) is 0 Å². The number of imide groups is 3. The Morgan fingerprint density at radius 1 is 0.622 bits per heavy atom. The minimum Gasteiger partial charge on any atom is -0.296 e. The van der Waals surface area contributed by atoms with Crippen LogP contribution in [0.15, 0.2) is 60.9 Å². The number of amides is 7. The molecular formula is C33H36N6O6. The van der Waals surface area contributed by atoms with Gasteiger partial charge in [0.1, 0.15) is 0 Å². The number of carbonyl (C=O) groups is 6. The summed E-state index contributed by atoms with van der Waals surface area (Å²) in [6.07, 6.45) is 5.74. The van der Waals surface area contributed by atoms with Gasteiger partial charge in [0.2, 0.25) is 29.5 Å². The number of hydrogen-bond acceptors (Lipinski definition) is 8. The van der Waals surface area contributed by atoms with E-state index in [-0.39, 0.29) is 47.4 Å². The van der Waals surface area contributed by atoms with Crippen LogP contribution in [-0.2, 0) is 24.0 Å². The number of nitrogens with zero attached hydrogens (tertiary/aromatic N) is 3. The molecule has 2 unspecified atom stereocenters. The van der Waals surface area contributed by atoms with Gasteiger partial charge in [-0.15, -0.1) is 0 Å². The lowest BCUT2D eigenvalue weighted by molar-refractivity contribution is -0.135. The lowest BCUT2D eigenvalue weighted by Gasteiger charge is -2.26. The number of carbonyl (C=O) groups excluding carboxylic acids is 6. The van der Waals surface area contributed by atoms with Crippen molar-refractivity contribution in [1.82, 2.24) is 25.9 Å². The van der Waals surface area contributed by atoms with Gasteiger partial charge in [-0.1, -0.05) is 29.8 Å². The zero-order valence-corrected chi connectivity index (χ0v) is 25.5. The fourth-order valence-electron chi connectivity index (χ4n) is 4.89. The maximum absolute atomic E-state index is 11.5. The molecule has 0 spiro atoms. The summed E-state index contributed by atoms with van der Waals surface area (Å²) in [7, 11) is 0. The highest BCUT2D eigenvalue weighted by molar-refractivity contribution is 6.05. The first-order valence-corrected chi connectivity index (χ1v) is 14.7. The average Bonchev–Trinajstić information content (AvgIpc) is 3.00. The Bertz CT molecular complexity index is 1380. The molecule has 3 aliphatic heterocycles. The molecule has 3 saturated heterocycles. The van der Waals surface area contributed by atoms with E-state index in [0.717, 1.165) is 33.8 Å². The molecule has 3 N–H and O–H groups in total. The Labute approximate surface area is 261 Å². The maximum atomic E-state index is 11.5. The molecule has 234 valence electrons. The van der Waals surface area contributed by atoms with Crippen molar-refractivity contribution >= 4 is 41.3 Å². The Morgan fingerprint density at radius 2 is 1.22 bits per heavy atom. The molecule has 45 heavy (non-hydrogen) atoms. The number of aromatic nitrogens is 2. The summed E-state index contributed by atoms with van der Waals surface area (Å²) < 4.78 is 0. The number of pyridine rings is 2. The molecule has 2 atom stereocenters. The third-order valence-corrected chi connectivity index (χ3v) is 7.51. The van der Waals surface area contributed by atoms with Crippen LogP contribution in [-0.4, -0.2) is 52.1 Å². The summed E-state index contributed by atoms with van der Waals surface area (Å²) in [5.41, 5.74) is 5.58. The van der Waals surface area contributed by atoms with Crippen molar-refractivity contribution in [2.45, 2.75) is 64.7 Å². The highest BCUT2D eigenvalue weighted by Gasteiger charge is 2.29. The normalized spacial score (nSPS) is 19.7. The van der Waals surface area contributed by atoms with Crippen LogP contribution in [0.3, 0.4) is 0 Å². The first-order chi connectivity index (χ1) is 21.5. The first kappa shape index (κ1) is 32.6. The smallest absolute Gasteiger partial charge is 0.296 e. The van der Waals surface area contributed by atoms with Crippen LogP contribution in [0.2, 0.25) is 0 Å². The Morgan fingerprint density at radius 3 is 1.76 bits per heavy atom. The Balaban J connectivity index is 0.000000154. The zero-order chi connectivity index (χ0) is 32.5. The van der Waals surface area contributed by atoms with Crippen molar-refractivity contribution in [3.63, 3.8) is 0 Å². The summed E-state index contributed by atoms with van der Waals surface area (Å²) in [4.78, 5) is 77.3. The number of rotatable bonds is 3. The Kier molecular flexibility index (Phi) is 10.9. The molecule has 3 fully saturated rings. The van der Waals surface area contributed by atoms with Crippen LogP contribution in [0.5, 0.6) is 0 Å². The van der Waals surface area contributed by atoms with Crippen LogP contribution in [0.1, 0.15) is 72.0 Å². The van der Waals surface area contributed by atoms with E-state index < -0.39 is 0 Å². The minimum absolute atomic E-state index is 0.184. The third-order valence-electron chi connectivity index (χ3n) is 7.51. The second-order valence-electron chi connectivity index (χ2n) is 11.1. The third kappa shape index (κ3) is 9.12.